The summed E-state index contributed by atoms with van der Waals surface area (Å²) in [6.45, 7) is 4.77. The number of nitrogens with zero attached hydrogens (tertiary/aromatic N) is 3. The van der Waals surface area contributed by atoms with E-state index >= 15 is 0 Å². The summed E-state index contributed by atoms with van der Waals surface area (Å²) < 4.78 is 32.3. The summed E-state index contributed by atoms with van der Waals surface area (Å²) in [5.41, 5.74) is -0.223. The molecule has 0 radical (unpaired) electrons. The lowest BCUT2D eigenvalue weighted by molar-refractivity contribution is -0.384. The molecule has 2 rings (SSSR count). The van der Waals surface area contributed by atoms with Crippen molar-refractivity contribution in [2.45, 2.75) is 30.3 Å². The van der Waals surface area contributed by atoms with Gasteiger partial charge in [0.05, 0.1) is 22.5 Å². The fourth-order valence-electron chi connectivity index (χ4n) is 3.03. The van der Waals surface area contributed by atoms with Crippen LogP contribution in [0.25, 0.3) is 0 Å². The summed E-state index contributed by atoms with van der Waals surface area (Å²) in [6, 6.07) is 3.25. The fourth-order valence-corrected chi connectivity index (χ4v) is 4.67. The molecule has 0 spiro atoms. The van der Waals surface area contributed by atoms with Crippen molar-refractivity contribution >= 4 is 21.8 Å². The van der Waals surface area contributed by atoms with Crippen LogP contribution in [-0.2, 0) is 14.8 Å². The third-order valence-electron chi connectivity index (χ3n) is 4.54. The molecule has 28 heavy (non-hydrogen) atoms. The van der Waals surface area contributed by atoms with Crippen LogP contribution in [-0.4, -0.2) is 72.1 Å². The normalized spacial score (nSPS) is 20.6. The standard InChI is InChI=1S/C17H23N3O7S/c1-3-9-27-17(22)18-10-15(12-21)19(11-13(18)4-2)28(25,26)16-7-5-14(6-8-16)20(23)24/h3,5-8,13,15,21H,1,4,9-12H2,2H3/t13-,15+/m1/s1. The molecule has 1 saturated heterocycles. The van der Waals surface area contributed by atoms with E-state index in [-0.39, 0.29) is 30.3 Å². The Kier molecular flexibility index (Phi) is 7.11. The van der Waals surface area contributed by atoms with E-state index in [2.05, 4.69) is 6.58 Å². The van der Waals surface area contributed by atoms with Gasteiger partial charge >= 0.3 is 6.09 Å². The highest BCUT2D eigenvalue weighted by molar-refractivity contribution is 7.89. The molecule has 0 unspecified atom stereocenters. The summed E-state index contributed by atoms with van der Waals surface area (Å²) in [5, 5.41) is 20.5. The van der Waals surface area contributed by atoms with E-state index in [0.29, 0.717) is 6.42 Å². The summed E-state index contributed by atoms with van der Waals surface area (Å²) >= 11 is 0. The number of aliphatic hydroxyl groups excluding tert-OH is 1. The first-order valence-corrected chi connectivity index (χ1v) is 10.1. The van der Waals surface area contributed by atoms with Gasteiger partial charge in [0.15, 0.2) is 0 Å². The lowest BCUT2D eigenvalue weighted by atomic mass is 10.1. The highest BCUT2D eigenvalue weighted by Gasteiger charge is 2.42. The SMILES string of the molecule is C=CCOC(=O)N1C[C@@H](CO)N(S(=O)(=O)c2ccc([N+](=O)[O-])cc2)C[C@H]1CC. The molecule has 1 amide bonds. The molecule has 1 fully saturated rings. The molecular formula is C17H23N3O7S. The zero-order valence-electron chi connectivity index (χ0n) is 15.4. The van der Waals surface area contributed by atoms with Gasteiger partial charge in [-0.2, -0.15) is 4.31 Å². The molecule has 0 saturated carbocycles. The topological polar surface area (TPSA) is 130 Å². The number of aliphatic hydroxyl groups is 1. The number of hydrogen-bond donors (Lipinski definition) is 1. The third kappa shape index (κ3) is 4.49. The maximum absolute atomic E-state index is 13.0. The second-order valence-electron chi connectivity index (χ2n) is 6.24. The van der Waals surface area contributed by atoms with Crippen LogP contribution in [0.1, 0.15) is 13.3 Å². The zero-order valence-corrected chi connectivity index (χ0v) is 16.2. The van der Waals surface area contributed by atoms with Crippen molar-refractivity contribution in [1.29, 1.82) is 0 Å². The number of carbonyl (C=O) groups excluding carboxylic acids is 1. The molecule has 10 nitrogen and oxygen atoms in total. The zero-order chi connectivity index (χ0) is 20.9. The molecular weight excluding hydrogens is 390 g/mol. The molecule has 1 aliphatic rings. The molecule has 0 aromatic heterocycles. The van der Waals surface area contributed by atoms with Crippen molar-refractivity contribution in [1.82, 2.24) is 9.21 Å². The van der Waals surface area contributed by atoms with Gasteiger partial charge < -0.3 is 14.7 Å². The Morgan fingerprint density at radius 2 is 2.00 bits per heavy atom. The number of nitro benzene ring substituents is 1. The second-order valence-corrected chi connectivity index (χ2v) is 8.13. The van der Waals surface area contributed by atoms with E-state index in [9.17, 15) is 28.4 Å². The Hall–Kier alpha value is -2.50. The van der Waals surface area contributed by atoms with Crippen LogP contribution in [0.5, 0.6) is 0 Å². The number of carbonyl (C=O) groups is 1. The summed E-state index contributed by atoms with van der Waals surface area (Å²) in [6.07, 6.45) is 1.31. The maximum atomic E-state index is 13.0. The van der Waals surface area contributed by atoms with Gasteiger partial charge in [-0.15, -0.1) is 0 Å². The molecule has 154 valence electrons. The highest BCUT2D eigenvalue weighted by atomic mass is 32.2. The number of rotatable bonds is 7. The van der Waals surface area contributed by atoms with Crippen molar-refractivity contribution < 1.29 is 28.0 Å². The van der Waals surface area contributed by atoms with E-state index in [1.165, 1.54) is 11.0 Å². The summed E-state index contributed by atoms with van der Waals surface area (Å²) in [7, 11) is -4.02. The third-order valence-corrected chi connectivity index (χ3v) is 6.47. The quantitative estimate of drug-likeness (QED) is 0.406. The average molecular weight is 413 g/mol. The number of amides is 1. The number of nitro groups is 1. The van der Waals surface area contributed by atoms with Gasteiger partial charge in [-0.25, -0.2) is 13.2 Å². The minimum absolute atomic E-state index is 0.0236. The number of piperazine rings is 1. The summed E-state index contributed by atoms with van der Waals surface area (Å²) in [5.74, 6) is 0. The van der Waals surface area contributed by atoms with Crippen molar-refractivity contribution in [3.05, 3.63) is 47.0 Å². The van der Waals surface area contributed by atoms with Crippen molar-refractivity contribution in [2.75, 3.05) is 26.3 Å². The van der Waals surface area contributed by atoms with E-state index < -0.39 is 39.7 Å². The first-order chi connectivity index (χ1) is 13.3. The molecule has 1 aromatic rings. The number of non-ortho nitro benzene ring substituents is 1. The predicted octanol–water partition coefficient (Wildman–Crippen LogP) is 1.36. The van der Waals surface area contributed by atoms with Gasteiger partial charge in [-0.3, -0.25) is 10.1 Å². The number of benzene rings is 1. The van der Waals surface area contributed by atoms with Gasteiger partial charge in [-0.1, -0.05) is 19.6 Å². The van der Waals surface area contributed by atoms with E-state index in [0.717, 1.165) is 28.6 Å². The Bertz CT molecular complexity index is 826. The predicted molar refractivity (Wildman–Crippen MR) is 100 cm³/mol. The van der Waals surface area contributed by atoms with Crippen molar-refractivity contribution in [2.24, 2.45) is 0 Å². The van der Waals surface area contributed by atoms with Crippen LogP contribution in [0, 0.1) is 10.1 Å². The Balaban J connectivity index is 2.30. The van der Waals surface area contributed by atoms with Crippen LogP contribution in [0.4, 0.5) is 10.5 Å². The molecule has 0 bridgehead atoms. The molecule has 2 atom stereocenters. The smallest absolute Gasteiger partial charge is 0.410 e. The Labute approximate surface area is 163 Å². The van der Waals surface area contributed by atoms with Crippen LogP contribution in [0.15, 0.2) is 41.8 Å². The van der Waals surface area contributed by atoms with Gasteiger partial charge in [0.2, 0.25) is 10.0 Å². The van der Waals surface area contributed by atoms with Gasteiger partial charge in [-0.05, 0) is 18.6 Å². The molecule has 1 aromatic carbocycles. The van der Waals surface area contributed by atoms with Crippen molar-refractivity contribution in [3.63, 3.8) is 0 Å². The number of sulfonamides is 1. The molecule has 11 heteroatoms. The van der Waals surface area contributed by atoms with Crippen LogP contribution < -0.4 is 0 Å². The maximum Gasteiger partial charge on any atom is 0.410 e. The van der Waals surface area contributed by atoms with Crippen molar-refractivity contribution in [3.8, 4) is 0 Å². The highest BCUT2D eigenvalue weighted by Crippen LogP contribution is 2.27. The first-order valence-electron chi connectivity index (χ1n) is 8.67. The van der Waals surface area contributed by atoms with Gasteiger partial charge in [0.25, 0.3) is 5.69 Å². The Morgan fingerprint density at radius 1 is 1.36 bits per heavy atom. The van der Waals surface area contributed by atoms with Gasteiger partial charge in [0, 0.05) is 31.3 Å². The number of ether oxygens (including phenoxy) is 1. The average Bonchev–Trinajstić information content (AvgIpc) is 2.70. The second kappa shape index (κ2) is 9.13. The fraction of sp³-hybridized carbons (Fsp3) is 0.471. The molecule has 0 aliphatic carbocycles. The minimum Gasteiger partial charge on any atom is -0.445 e. The first kappa shape index (κ1) is 21.8. The van der Waals surface area contributed by atoms with E-state index in [4.69, 9.17) is 4.74 Å². The molecule has 1 heterocycles. The molecule has 1 aliphatic heterocycles. The largest absolute Gasteiger partial charge is 0.445 e. The monoisotopic (exact) mass is 413 g/mol. The van der Waals surface area contributed by atoms with Crippen LogP contribution >= 0.6 is 0 Å². The van der Waals surface area contributed by atoms with Gasteiger partial charge in [0.1, 0.15) is 6.61 Å². The van der Waals surface area contributed by atoms with E-state index in [1.807, 2.05) is 6.92 Å². The lowest BCUT2D eigenvalue weighted by Crippen LogP contribution is -2.62. The molecule has 1 N–H and O–H groups in total. The van der Waals surface area contributed by atoms with E-state index in [1.54, 1.807) is 0 Å². The minimum atomic E-state index is -4.02. The van der Waals surface area contributed by atoms with Crippen LogP contribution in [0.3, 0.4) is 0 Å². The Morgan fingerprint density at radius 3 is 2.50 bits per heavy atom. The van der Waals surface area contributed by atoms with Crippen LogP contribution in [0.2, 0.25) is 0 Å². The summed E-state index contributed by atoms with van der Waals surface area (Å²) in [4.78, 5) is 23.7. The number of hydrogen-bond acceptors (Lipinski definition) is 7. The lowest BCUT2D eigenvalue weighted by Gasteiger charge is -2.44.